The Kier molecular flexibility index (Phi) is 1.11. The summed E-state index contributed by atoms with van der Waals surface area (Å²) in [5.74, 6) is -3.04. The highest BCUT2D eigenvalue weighted by atomic mass is 19.3. The number of hydrogen-bond acceptors (Lipinski definition) is 1. The summed E-state index contributed by atoms with van der Waals surface area (Å²) in [6.45, 7) is 0. The Morgan fingerprint density at radius 1 is 1.30 bits per heavy atom. The van der Waals surface area contributed by atoms with E-state index in [1.165, 1.54) is 0 Å². The zero-order valence-corrected chi connectivity index (χ0v) is 5.81. The molecule has 10 heavy (non-hydrogen) atoms. The van der Waals surface area contributed by atoms with Crippen molar-refractivity contribution in [1.82, 2.24) is 0 Å². The van der Waals surface area contributed by atoms with Gasteiger partial charge in [0.25, 0.3) is 5.92 Å². The highest BCUT2D eigenvalue weighted by molar-refractivity contribution is 5.11. The van der Waals surface area contributed by atoms with Crippen molar-refractivity contribution in [2.45, 2.75) is 24.9 Å². The van der Waals surface area contributed by atoms with Crippen LogP contribution in [-0.4, -0.2) is 19.1 Å². The molecule has 58 valence electrons. The molecule has 0 radical (unpaired) electrons. The van der Waals surface area contributed by atoms with Gasteiger partial charge in [0.2, 0.25) is 0 Å². The van der Waals surface area contributed by atoms with E-state index in [4.69, 9.17) is 4.74 Å². The Labute approximate surface area is 58.4 Å². The lowest BCUT2D eigenvalue weighted by molar-refractivity contribution is 0.0235. The molecule has 0 aliphatic heterocycles. The topological polar surface area (TPSA) is 9.23 Å². The molecule has 0 heterocycles. The first-order chi connectivity index (χ1) is 4.66. The molecule has 2 aliphatic rings. The Bertz CT molecular complexity index is 144. The zero-order valence-electron chi connectivity index (χ0n) is 5.81. The van der Waals surface area contributed by atoms with Gasteiger partial charge < -0.3 is 4.74 Å². The van der Waals surface area contributed by atoms with E-state index in [9.17, 15) is 8.78 Å². The van der Waals surface area contributed by atoms with Crippen molar-refractivity contribution in [3.05, 3.63) is 0 Å². The van der Waals surface area contributed by atoms with Gasteiger partial charge in [-0.2, -0.15) is 0 Å². The Hall–Kier alpha value is -0.180. The molecule has 0 bridgehead atoms. The van der Waals surface area contributed by atoms with Gasteiger partial charge in [0, 0.05) is 18.9 Å². The Balaban J connectivity index is 1.96. The number of ether oxygens (including phenoxy) is 1. The molecule has 0 amide bonds. The Morgan fingerprint density at radius 3 is 2.20 bits per heavy atom. The van der Waals surface area contributed by atoms with Crippen molar-refractivity contribution < 1.29 is 13.5 Å². The smallest absolute Gasteiger partial charge is 0.254 e. The molecule has 2 unspecified atom stereocenters. The van der Waals surface area contributed by atoms with Crippen molar-refractivity contribution in [3.8, 4) is 0 Å². The van der Waals surface area contributed by atoms with Gasteiger partial charge in [-0.1, -0.05) is 0 Å². The number of alkyl halides is 2. The first-order valence-corrected chi connectivity index (χ1v) is 3.57. The third kappa shape index (κ3) is 0.641. The van der Waals surface area contributed by atoms with Gasteiger partial charge in [0.15, 0.2) is 0 Å². The maximum Gasteiger partial charge on any atom is 0.254 e. The van der Waals surface area contributed by atoms with Crippen LogP contribution in [0.3, 0.4) is 0 Å². The molecule has 0 aromatic heterocycles. The average Bonchev–Trinajstić information content (AvgIpc) is 2.37. The van der Waals surface area contributed by atoms with Crippen LogP contribution < -0.4 is 0 Å². The molecule has 1 nitrogen and oxygen atoms in total. The van der Waals surface area contributed by atoms with Crippen LogP contribution in [0, 0.1) is 11.8 Å². The van der Waals surface area contributed by atoms with Crippen LogP contribution in [0.5, 0.6) is 0 Å². The lowest BCUT2D eigenvalue weighted by atomic mass is 10.2. The zero-order chi connectivity index (χ0) is 7.35. The molecule has 3 heteroatoms. The summed E-state index contributed by atoms with van der Waals surface area (Å²) in [4.78, 5) is 0. The second-order valence-corrected chi connectivity index (χ2v) is 3.22. The van der Waals surface area contributed by atoms with Crippen LogP contribution >= 0.6 is 0 Å². The van der Waals surface area contributed by atoms with Crippen LogP contribution in [-0.2, 0) is 4.74 Å². The second kappa shape index (κ2) is 1.70. The van der Waals surface area contributed by atoms with Crippen LogP contribution in [0.15, 0.2) is 0 Å². The molecule has 2 fully saturated rings. The van der Waals surface area contributed by atoms with Crippen molar-refractivity contribution in [3.63, 3.8) is 0 Å². The van der Waals surface area contributed by atoms with Gasteiger partial charge in [-0.15, -0.1) is 0 Å². The molecule has 0 saturated heterocycles. The van der Waals surface area contributed by atoms with Crippen LogP contribution in [0.1, 0.15) is 12.8 Å². The average molecular weight is 148 g/mol. The van der Waals surface area contributed by atoms with Crippen molar-refractivity contribution >= 4 is 0 Å². The Morgan fingerprint density at radius 2 is 1.80 bits per heavy atom. The van der Waals surface area contributed by atoms with E-state index >= 15 is 0 Å². The number of halogens is 2. The van der Waals surface area contributed by atoms with E-state index in [1.54, 1.807) is 7.11 Å². The fourth-order valence-electron chi connectivity index (χ4n) is 1.96. The fraction of sp³-hybridized carbons (Fsp3) is 1.00. The number of rotatable bonds is 1. The van der Waals surface area contributed by atoms with E-state index in [-0.39, 0.29) is 17.9 Å². The molecule has 0 aromatic carbocycles. The van der Waals surface area contributed by atoms with Gasteiger partial charge in [0.1, 0.15) is 0 Å². The summed E-state index contributed by atoms with van der Waals surface area (Å²) in [7, 11) is 1.59. The molecular weight excluding hydrogens is 138 g/mol. The van der Waals surface area contributed by atoms with Crippen LogP contribution in [0.4, 0.5) is 8.78 Å². The van der Waals surface area contributed by atoms with Crippen molar-refractivity contribution in [2.24, 2.45) is 11.8 Å². The standard InChI is InChI=1S/C7H10F2O/c1-10-4-2-5-6(3-4)7(5,8)9/h4-6H,2-3H2,1H3. The van der Waals surface area contributed by atoms with Gasteiger partial charge in [-0.05, 0) is 12.8 Å². The maximum absolute atomic E-state index is 12.5. The monoisotopic (exact) mass is 148 g/mol. The van der Waals surface area contributed by atoms with E-state index in [1.807, 2.05) is 0 Å². The molecule has 2 saturated carbocycles. The van der Waals surface area contributed by atoms with E-state index in [0.29, 0.717) is 12.8 Å². The normalized spacial score (nSPS) is 48.9. The number of hydrogen-bond donors (Lipinski definition) is 0. The summed E-state index contributed by atoms with van der Waals surface area (Å²) in [6.07, 6.45) is 1.23. The maximum atomic E-state index is 12.5. The minimum absolute atomic E-state index is 0.106. The summed E-state index contributed by atoms with van der Waals surface area (Å²) in [5, 5.41) is 0. The summed E-state index contributed by atoms with van der Waals surface area (Å²) < 4.78 is 30.0. The first-order valence-electron chi connectivity index (χ1n) is 3.57. The van der Waals surface area contributed by atoms with E-state index < -0.39 is 5.92 Å². The molecule has 2 atom stereocenters. The lowest BCUT2D eigenvalue weighted by Gasteiger charge is -2.10. The predicted octanol–water partition coefficient (Wildman–Crippen LogP) is 1.68. The van der Waals surface area contributed by atoms with E-state index in [2.05, 4.69) is 0 Å². The summed E-state index contributed by atoms with van der Waals surface area (Å²) >= 11 is 0. The quantitative estimate of drug-likeness (QED) is 0.549. The molecule has 0 spiro atoms. The fourth-order valence-corrected chi connectivity index (χ4v) is 1.96. The van der Waals surface area contributed by atoms with Gasteiger partial charge in [-0.3, -0.25) is 0 Å². The SMILES string of the molecule is COC1CC2C(C1)C2(F)F. The van der Waals surface area contributed by atoms with E-state index in [0.717, 1.165) is 0 Å². The highest BCUT2D eigenvalue weighted by Crippen LogP contribution is 2.64. The summed E-state index contributed by atoms with van der Waals surface area (Å²) in [6, 6.07) is 0. The van der Waals surface area contributed by atoms with Gasteiger partial charge in [-0.25, -0.2) is 8.78 Å². The van der Waals surface area contributed by atoms with Gasteiger partial charge >= 0.3 is 0 Å². The molecule has 0 aromatic rings. The van der Waals surface area contributed by atoms with Crippen LogP contribution in [0.25, 0.3) is 0 Å². The third-order valence-corrected chi connectivity index (χ3v) is 2.73. The second-order valence-electron chi connectivity index (χ2n) is 3.22. The minimum Gasteiger partial charge on any atom is -0.381 e. The first kappa shape index (κ1) is 6.53. The largest absolute Gasteiger partial charge is 0.381 e. The molecular formula is C7H10F2O. The molecule has 2 aliphatic carbocycles. The number of methoxy groups -OCH3 is 1. The number of fused-ring (bicyclic) bond motifs is 1. The molecule has 2 rings (SSSR count). The third-order valence-electron chi connectivity index (χ3n) is 2.73. The lowest BCUT2D eigenvalue weighted by Crippen LogP contribution is -2.13. The predicted molar refractivity (Wildman–Crippen MR) is 32.0 cm³/mol. The minimum atomic E-state index is -2.34. The van der Waals surface area contributed by atoms with Crippen molar-refractivity contribution in [1.29, 1.82) is 0 Å². The van der Waals surface area contributed by atoms with Gasteiger partial charge in [0.05, 0.1) is 6.10 Å². The summed E-state index contributed by atoms with van der Waals surface area (Å²) in [5.41, 5.74) is 0. The molecule has 0 N–H and O–H groups in total. The van der Waals surface area contributed by atoms with Crippen LogP contribution in [0.2, 0.25) is 0 Å². The van der Waals surface area contributed by atoms with Crippen molar-refractivity contribution in [2.75, 3.05) is 7.11 Å². The highest BCUT2D eigenvalue weighted by Gasteiger charge is 2.71.